The van der Waals surface area contributed by atoms with Gasteiger partial charge < -0.3 is 40.2 Å². The number of hydrogen-bond donors (Lipinski definition) is 5. The van der Waals surface area contributed by atoms with Crippen LogP contribution in [0, 0.1) is 0 Å². The third kappa shape index (κ3) is 13.8. The number of aliphatic hydroxyl groups is 4. The Balaban J connectivity index is 2.28. The summed E-state index contributed by atoms with van der Waals surface area (Å²) in [6.07, 6.45) is 8.57. The Morgan fingerprint density at radius 2 is 1.56 bits per heavy atom. The van der Waals surface area contributed by atoms with E-state index in [0.717, 1.165) is 19.3 Å². The summed E-state index contributed by atoms with van der Waals surface area (Å²) in [5, 5.41) is 39.7. The van der Waals surface area contributed by atoms with Gasteiger partial charge in [-0.2, -0.15) is 0 Å². The molecule has 1 fully saturated rings. The second kappa shape index (κ2) is 18.6. The molecule has 0 aromatic rings. The highest BCUT2D eigenvalue weighted by Crippen LogP contribution is 2.25. The van der Waals surface area contributed by atoms with E-state index in [0.29, 0.717) is 0 Å². The molecular formula is C24H46NO10S-. The van der Waals surface area contributed by atoms with Gasteiger partial charge in [0.25, 0.3) is 0 Å². The van der Waals surface area contributed by atoms with E-state index in [-0.39, 0.29) is 6.61 Å². The molecule has 0 aromatic heterocycles. The summed E-state index contributed by atoms with van der Waals surface area (Å²) in [4.78, 5) is 0. The Morgan fingerprint density at radius 3 is 2.08 bits per heavy atom. The van der Waals surface area contributed by atoms with Crippen molar-refractivity contribution in [3.63, 3.8) is 0 Å². The maximum Gasteiger partial charge on any atom is 0.218 e. The average molecular weight is 541 g/mol. The van der Waals surface area contributed by atoms with Crippen LogP contribution in [0.15, 0.2) is 12.2 Å². The summed E-state index contributed by atoms with van der Waals surface area (Å²) in [5.74, 6) is 0. The van der Waals surface area contributed by atoms with E-state index < -0.39 is 59.9 Å². The van der Waals surface area contributed by atoms with Gasteiger partial charge in [-0.3, -0.25) is 4.18 Å². The van der Waals surface area contributed by atoms with Crippen molar-refractivity contribution in [1.29, 1.82) is 0 Å². The molecule has 0 saturated carbocycles. The lowest BCUT2D eigenvalue weighted by molar-refractivity contribution is -0.298. The topological polar surface area (TPSA) is 192 Å². The number of ether oxygens (including phenoxy) is 2. The van der Waals surface area contributed by atoms with Crippen LogP contribution < -0.4 is 5.73 Å². The van der Waals surface area contributed by atoms with Gasteiger partial charge in [-0.15, -0.1) is 0 Å². The normalized spacial score (nSPS) is 26.9. The molecule has 0 aliphatic carbocycles. The standard InChI is InChI=1S/C24H47NO10S/c1-2-3-4-5-6-7-8-9-10-11-12-13-14-15-19(27)18(25)17-33-24-22(29)23(35-36(30,31)32)21(28)20(16-26)34-24/h14-15,18-24,26-29H,2-13,16-17,25H2,1H3,(H,30,31,32)/p-1/t18-,19+,20+,21-,22+,23-,24+/m0/s1. The molecule has 0 bridgehead atoms. The van der Waals surface area contributed by atoms with Gasteiger partial charge in [0.1, 0.15) is 24.4 Å². The Labute approximate surface area is 215 Å². The summed E-state index contributed by atoms with van der Waals surface area (Å²) >= 11 is 0. The van der Waals surface area contributed by atoms with Gasteiger partial charge in [0, 0.05) is 0 Å². The lowest BCUT2D eigenvalue weighted by Crippen LogP contribution is -2.61. The predicted octanol–water partition coefficient (Wildman–Crippen LogP) is 1.23. The number of unbranched alkanes of at least 4 members (excludes halogenated alkanes) is 11. The fourth-order valence-corrected chi connectivity index (χ4v) is 4.55. The first-order chi connectivity index (χ1) is 17.1. The first-order valence-corrected chi connectivity index (χ1v) is 14.4. The Morgan fingerprint density at radius 1 is 1.00 bits per heavy atom. The van der Waals surface area contributed by atoms with Crippen LogP contribution in [0.2, 0.25) is 0 Å². The number of nitrogens with two attached hydrogens (primary N) is 1. The third-order valence-corrected chi connectivity index (χ3v) is 6.71. The number of hydrogen-bond acceptors (Lipinski definition) is 11. The Kier molecular flexibility index (Phi) is 17.2. The minimum Gasteiger partial charge on any atom is -0.726 e. The zero-order chi connectivity index (χ0) is 27.0. The summed E-state index contributed by atoms with van der Waals surface area (Å²) < 4.78 is 47.5. The molecule has 7 atom stereocenters. The number of aliphatic hydroxyl groups excluding tert-OH is 4. The van der Waals surface area contributed by atoms with Gasteiger partial charge in [0.05, 0.1) is 25.4 Å². The fourth-order valence-electron chi connectivity index (χ4n) is 4.05. The summed E-state index contributed by atoms with van der Waals surface area (Å²) in [6.45, 7) is 1.18. The van der Waals surface area contributed by atoms with E-state index in [4.69, 9.17) is 15.2 Å². The first-order valence-electron chi connectivity index (χ1n) is 13.1. The zero-order valence-corrected chi connectivity index (χ0v) is 22.1. The van der Waals surface area contributed by atoms with E-state index in [9.17, 15) is 33.4 Å². The minimum absolute atomic E-state index is 0.295. The van der Waals surface area contributed by atoms with Gasteiger partial charge >= 0.3 is 0 Å². The van der Waals surface area contributed by atoms with Crippen molar-refractivity contribution in [2.45, 2.75) is 127 Å². The molecule has 1 aliphatic heterocycles. The minimum atomic E-state index is -5.25. The largest absolute Gasteiger partial charge is 0.726 e. The predicted molar refractivity (Wildman–Crippen MR) is 132 cm³/mol. The van der Waals surface area contributed by atoms with E-state index >= 15 is 0 Å². The van der Waals surface area contributed by atoms with Crippen LogP contribution in [0.4, 0.5) is 0 Å². The average Bonchev–Trinajstić information content (AvgIpc) is 2.83. The Bertz CT molecular complexity index is 692. The van der Waals surface area contributed by atoms with Gasteiger partial charge in [-0.05, 0) is 12.8 Å². The van der Waals surface area contributed by atoms with Crippen molar-refractivity contribution < 1.29 is 47.1 Å². The second-order valence-electron chi connectivity index (χ2n) is 9.42. The summed E-state index contributed by atoms with van der Waals surface area (Å²) in [7, 11) is -5.25. The van der Waals surface area contributed by atoms with Crippen molar-refractivity contribution in [2.24, 2.45) is 5.73 Å². The van der Waals surface area contributed by atoms with E-state index in [2.05, 4.69) is 11.1 Å². The van der Waals surface area contributed by atoms with Gasteiger partial charge in [0.15, 0.2) is 6.29 Å². The highest BCUT2D eigenvalue weighted by Gasteiger charge is 2.47. The number of allylic oxidation sites excluding steroid dienone is 1. The summed E-state index contributed by atoms with van der Waals surface area (Å²) in [5.41, 5.74) is 5.92. The first kappa shape index (κ1) is 33.4. The lowest BCUT2D eigenvalue weighted by Gasteiger charge is -2.41. The van der Waals surface area contributed by atoms with Crippen molar-refractivity contribution in [3.05, 3.63) is 12.2 Å². The number of rotatable bonds is 20. The monoisotopic (exact) mass is 540 g/mol. The van der Waals surface area contributed by atoms with Gasteiger partial charge in [-0.25, -0.2) is 8.42 Å². The molecule has 214 valence electrons. The SMILES string of the molecule is CCCCCCCCCCCCCC=C[C@@H](O)[C@@H](N)CO[C@@H]1O[C@H](CO)[C@H](O)[C@H](OS(=O)(=O)[O-])[C@H]1O. The molecule has 1 aliphatic rings. The van der Waals surface area contributed by atoms with E-state index in [1.165, 1.54) is 57.8 Å². The molecule has 0 unspecified atom stereocenters. The van der Waals surface area contributed by atoms with Crippen molar-refractivity contribution >= 4 is 10.4 Å². The zero-order valence-electron chi connectivity index (χ0n) is 21.3. The van der Waals surface area contributed by atoms with Crippen LogP contribution in [0.25, 0.3) is 0 Å². The van der Waals surface area contributed by atoms with Crippen LogP contribution in [0.3, 0.4) is 0 Å². The molecule has 12 heteroatoms. The fraction of sp³-hybridized carbons (Fsp3) is 0.917. The van der Waals surface area contributed by atoms with E-state index in [1.54, 1.807) is 6.08 Å². The molecule has 0 aromatic carbocycles. The molecule has 0 amide bonds. The Hall–Kier alpha value is -0.670. The van der Waals surface area contributed by atoms with Crippen LogP contribution in [0.1, 0.15) is 84.0 Å². The maximum absolute atomic E-state index is 10.9. The van der Waals surface area contributed by atoms with Crippen LogP contribution in [-0.4, -0.2) is 89.5 Å². The van der Waals surface area contributed by atoms with Crippen LogP contribution in [-0.2, 0) is 24.1 Å². The van der Waals surface area contributed by atoms with Crippen LogP contribution in [0.5, 0.6) is 0 Å². The van der Waals surface area contributed by atoms with Crippen molar-refractivity contribution in [2.75, 3.05) is 13.2 Å². The molecule has 0 radical (unpaired) electrons. The maximum atomic E-state index is 10.9. The quantitative estimate of drug-likeness (QED) is 0.0645. The van der Waals surface area contributed by atoms with Crippen LogP contribution >= 0.6 is 0 Å². The molecule has 6 N–H and O–H groups in total. The van der Waals surface area contributed by atoms with Gasteiger partial charge in [0.2, 0.25) is 10.4 Å². The smallest absolute Gasteiger partial charge is 0.218 e. The van der Waals surface area contributed by atoms with Gasteiger partial charge in [-0.1, -0.05) is 83.3 Å². The van der Waals surface area contributed by atoms with Crippen molar-refractivity contribution in [1.82, 2.24) is 0 Å². The molecule has 11 nitrogen and oxygen atoms in total. The second-order valence-corrected chi connectivity index (χ2v) is 10.4. The lowest BCUT2D eigenvalue weighted by atomic mass is 9.99. The summed E-state index contributed by atoms with van der Waals surface area (Å²) in [6, 6.07) is -0.892. The highest BCUT2D eigenvalue weighted by atomic mass is 32.3. The van der Waals surface area contributed by atoms with E-state index in [1.807, 2.05) is 6.08 Å². The third-order valence-electron chi connectivity index (χ3n) is 6.25. The molecule has 1 rings (SSSR count). The van der Waals surface area contributed by atoms with Crippen molar-refractivity contribution in [3.8, 4) is 0 Å². The molecule has 1 heterocycles. The molecule has 0 spiro atoms. The highest BCUT2D eigenvalue weighted by molar-refractivity contribution is 7.80. The molecular weight excluding hydrogens is 494 g/mol. The molecule has 36 heavy (non-hydrogen) atoms. The molecule has 1 saturated heterocycles.